The van der Waals surface area contributed by atoms with Crippen molar-refractivity contribution in [2.75, 3.05) is 24.5 Å². The summed E-state index contributed by atoms with van der Waals surface area (Å²) in [4.78, 5) is 23.0. The molecule has 6 atom stereocenters. The molecule has 1 saturated carbocycles. The lowest BCUT2D eigenvalue weighted by molar-refractivity contribution is -0.134. The smallest absolute Gasteiger partial charge is 0.288 e. The van der Waals surface area contributed by atoms with Gasteiger partial charge in [-0.05, 0) is 61.9 Å². The summed E-state index contributed by atoms with van der Waals surface area (Å²) >= 11 is 13.1. The Balaban J connectivity index is 1.26. The fourth-order valence-corrected chi connectivity index (χ4v) is 10.3. The highest BCUT2D eigenvalue weighted by molar-refractivity contribution is 6.43. The van der Waals surface area contributed by atoms with Crippen LogP contribution in [0.1, 0.15) is 74.3 Å². The molecular weight excluding hydrogens is 748 g/mol. The normalized spacial score (nSPS) is 24.5. The minimum absolute atomic E-state index is 0.0204. The molecule has 9 nitrogen and oxygen atoms in total. The van der Waals surface area contributed by atoms with E-state index in [1.807, 2.05) is 24.8 Å². The lowest BCUT2D eigenvalue weighted by atomic mass is 9.79. The maximum Gasteiger partial charge on any atom is 0.288 e. The predicted octanol–water partition coefficient (Wildman–Crippen LogP) is 8.69. The van der Waals surface area contributed by atoms with Crippen molar-refractivity contribution in [2.24, 2.45) is 11.8 Å². The summed E-state index contributed by atoms with van der Waals surface area (Å²) < 4.78 is 48.4. The van der Waals surface area contributed by atoms with Gasteiger partial charge in [0.2, 0.25) is 5.91 Å². The van der Waals surface area contributed by atoms with Crippen molar-refractivity contribution >= 4 is 56.6 Å². The Morgan fingerprint density at radius 3 is 2.65 bits per heavy atom. The van der Waals surface area contributed by atoms with Gasteiger partial charge in [0.15, 0.2) is 5.82 Å². The Hall–Kier alpha value is -4.44. The fourth-order valence-electron chi connectivity index (χ4n) is 9.94. The van der Waals surface area contributed by atoms with E-state index in [2.05, 4.69) is 37.1 Å². The average Bonchev–Trinajstić information content (AvgIpc) is 3.95. The van der Waals surface area contributed by atoms with E-state index in [9.17, 15) is 18.8 Å². The van der Waals surface area contributed by atoms with Crippen LogP contribution >= 0.6 is 23.2 Å². The van der Waals surface area contributed by atoms with Gasteiger partial charge in [-0.15, -0.1) is 5.10 Å². The molecule has 0 radical (unpaired) electrons. The first-order valence-electron chi connectivity index (χ1n) is 18.9. The van der Waals surface area contributed by atoms with Gasteiger partial charge in [-0.2, -0.15) is 19.1 Å². The second kappa shape index (κ2) is 13.4. The van der Waals surface area contributed by atoms with Crippen LogP contribution in [0.25, 0.3) is 32.9 Å². The van der Waals surface area contributed by atoms with Crippen LogP contribution in [0.15, 0.2) is 42.6 Å². The molecule has 284 valence electrons. The molecule has 0 unspecified atom stereocenters. The Labute approximate surface area is 326 Å². The molecule has 1 N–H and O–H groups in total. The van der Waals surface area contributed by atoms with Crippen LogP contribution in [0.3, 0.4) is 0 Å². The first-order valence-corrected chi connectivity index (χ1v) is 19.6. The van der Waals surface area contributed by atoms with E-state index >= 15 is 4.39 Å². The molecule has 7 heterocycles. The molecule has 5 aromatic rings. The SMILES string of the molecule is CCC(=O)N1[C@@H]2C[C@@H](CN(c3cnnc(C(C)(F)F)c3)C2)[C@@H]1c1cc2c(C)nc3c(F)c(-c4cccc(Cl)c4Cl)c(CCC#N)cc3c2n1[C@H]1[C@H]2CN[C@@H]1C2. The van der Waals surface area contributed by atoms with Crippen LogP contribution < -0.4 is 10.2 Å². The van der Waals surface area contributed by atoms with Crippen LogP contribution in [0.2, 0.25) is 10.0 Å². The Morgan fingerprint density at radius 2 is 1.95 bits per heavy atom. The van der Waals surface area contributed by atoms with Crippen LogP contribution in [-0.4, -0.2) is 62.3 Å². The number of hydrogen-bond donors (Lipinski definition) is 1. The van der Waals surface area contributed by atoms with Crippen LogP contribution in [0.4, 0.5) is 18.9 Å². The zero-order valence-corrected chi connectivity index (χ0v) is 32.1. The minimum atomic E-state index is -3.15. The molecule has 55 heavy (non-hydrogen) atoms. The van der Waals surface area contributed by atoms with Gasteiger partial charge in [-0.3, -0.25) is 4.79 Å². The third-order valence-corrected chi connectivity index (χ3v) is 13.2. The van der Waals surface area contributed by atoms with Crippen molar-refractivity contribution in [2.45, 2.75) is 83.0 Å². The van der Waals surface area contributed by atoms with Crippen LogP contribution in [-0.2, 0) is 17.1 Å². The monoisotopic (exact) mass is 786 g/mol. The number of fused-ring (bicyclic) bond motifs is 6. The van der Waals surface area contributed by atoms with E-state index in [0.29, 0.717) is 58.3 Å². The molecule has 1 aliphatic carbocycles. The highest BCUT2D eigenvalue weighted by atomic mass is 35.5. The number of likely N-dealkylation sites (tertiary alicyclic amines) is 1. The maximum atomic E-state index is 17.3. The van der Waals surface area contributed by atoms with Crippen LogP contribution in [0, 0.1) is 35.9 Å². The summed E-state index contributed by atoms with van der Waals surface area (Å²) in [5.41, 5.74) is 4.19. The van der Waals surface area contributed by atoms with E-state index in [0.717, 1.165) is 42.9 Å². The largest absolute Gasteiger partial charge is 0.368 e. The van der Waals surface area contributed by atoms with E-state index in [-0.39, 0.29) is 64.9 Å². The van der Waals surface area contributed by atoms with Gasteiger partial charge in [-0.1, -0.05) is 42.3 Å². The number of nitrogens with one attached hydrogen (secondary N) is 1. The number of aromatic nitrogens is 4. The number of pyridine rings is 1. The van der Waals surface area contributed by atoms with Gasteiger partial charge in [0.1, 0.15) is 11.2 Å². The number of carbonyl (C=O) groups excluding carboxylic acids is 1. The Morgan fingerprint density at radius 1 is 1.13 bits per heavy atom. The summed E-state index contributed by atoms with van der Waals surface area (Å²) in [6, 6.07) is 12.6. The summed E-state index contributed by atoms with van der Waals surface area (Å²) in [6.45, 7) is 6.43. The Kier molecular flexibility index (Phi) is 8.79. The molecule has 5 aliphatic rings. The quantitative estimate of drug-likeness (QED) is 0.168. The van der Waals surface area contributed by atoms with E-state index < -0.39 is 17.4 Å². The first kappa shape index (κ1) is 36.2. The van der Waals surface area contributed by atoms with Crippen molar-refractivity contribution in [3.63, 3.8) is 0 Å². The number of benzene rings is 2. The number of nitrogens with zero attached hydrogens (tertiary/aromatic N) is 7. The van der Waals surface area contributed by atoms with Crippen LogP contribution in [0.5, 0.6) is 0 Å². The zero-order chi connectivity index (χ0) is 38.5. The topological polar surface area (TPSA) is 103 Å². The number of amides is 1. The third kappa shape index (κ3) is 5.67. The number of halogens is 5. The molecule has 3 aromatic heterocycles. The summed E-state index contributed by atoms with van der Waals surface area (Å²) in [5.74, 6) is -3.33. The molecular formula is C41H39Cl2F3N8O. The number of carbonyl (C=O) groups is 1. The second-order valence-corrected chi connectivity index (χ2v) is 16.4. The van der Waals surface area contributed by atoms with Crippen molar-refractivity contribution in [1.29, 1.82) is 5.26 Å². The van der Waals surface area contributed by atoms with Crippen molar-refractivity contribution in [1.82, 2.24) is 30.0 Å². The minimum Gasteiger partial charge on any atom is -0.368 e. The lowest BCUT2D eigenvalue weighted by Crippen LogP contribution is -2.44. The number of aryl methyl sites for hydroxylation is 2. The van der Waals surface area contributed by atoms with Gasteiger partial charge in [0, 0.05) is 84.6 Å². The second-order valence-electron chi connectivity index (χ2n) is 15.6. The number of nitriles is 1. The summed E-state index contributed by atoms with van der Waals surface area (Å²) in [6.07, 6.45) is 4.06. The summed E-state index contributed by atoms with van der Waals surface area (Å²) in [7, 11) is 0. The lowest BCUT2D eigenvalue weighted by Gasteiger charge is -2.40. The molecule has 2 aromatic carbocycles. The number of hydrogen-bond acceptors (Lipinski definition) is 7. The zero-order valence-electron chi connectivity index (χ0n) is 30.6. The summed E-state index contributed by atoms with van der Waals surface area (Å²) in [5, 5.41) is 23.0. The Bertz CT molecular complexity index is 2430. The molecule has 0 spiro atoms. The predicted molar refractivity (Wildman–Crippen MR) is 206 cm³/mol. The van der Waals surface area contributed by atoms with Gasteiger partial charge in [-0.25, -0.2) is 9.37 Å². The van der Waals surface area contributed by atoms with E-state index in [1.54, 1.807) is 18.2 Å². The molecule has 14 heteroatoms. The van der Waals surface area contributed by atoms with Gasteiger partial charge in [0.05, 0.1) is 51.6 Å². The highest BCUT2D eigenvalue weighted by Crippen LogP contribution is 2.53. The van der Waals surface area contributed by atoms with Gasteiger partial charge in [0.25, 0.3) is 5.92 Å². The van der Waals surface area contributed by atoms with Crippen molar-refractivity contribution in [3.05, 3.63) is 81.1 Å². The number of alkyl halides is 2. The number of piperidine rings is 1. The van der Waals surface area contributed by atoms with E-state index in [4.69, 9.17) is 28.2 Å². The number of anilines is 1. The van der Waals surface area contributed by atoms with Gasteiger partial charge >= 0.3 is 0 Å². The first-order chi connectivity index (χ1) is 26.4. The maximum absolute atomic E-state index is 17.3. The molecule has 10 rings (SSSR count). The third-order valence-electron chi connectivity index (χ3n) is 12.4. The average molecular weight is 788 g/mol. The highest BCUT2D eigenvalue weighted by Gasteiger charge is 2.53. The van der Waals surface area contributed by atoms with Crippen molar-refractivity contribution < 1.29 is 18.0 Å². The molecule has 4 bridgehead atoms. The fraction of sp³-hybridized carbons (Fsp3) is 0.439. The van der Waals surface area contributed by atoms with Gasteiger partial charge < -0.3 is 19.7 Å². The standard InChI is InChI=1S/C41H39Cl2F3N8O/c1-4-33(55)53-25-11-23(18-52(19-25)24-14-32(41(3,45)46)51-49-17-24)39(53)31-15-27-20(2)50-37-28(40(27)54(31)38-22-13-30(38)48-16-22)12-21(7-6-10-47)34(36(37)44)26-8-5-9-29(42)35(26)43/h5,8-9,12,14-15,17,22-23,25,30,38-39,48H,4,6-7,11,13,16,18-19H2,1-3H3/t22-,23+,25-,30-,38+,39-/m1/s1. The van der Waals surface area contributed by atoms with E-state index in [1.165, 1.54) is 12.3 Å². The molecule has 4 aliphatic heterocycles. The van der Waals surface area contributed by atoms with Crippen molar-refractivity contribution in [3.8, 4) is 17.2 Å². The molecule has 5 fully saturated rings. The molecule has 1 amide bonds. The number of rotatable bonds is 8. The molecule has 4 saturated heterocycles.